The van der Waals surface area contributed by atoms with E-state index >= 15 is 0 Å². The Hall–Kier alpha value is -2.70. The summed E-state index contributed by atoms with van der Waals surface area (Å²) >= 11 is 0. The number of hydrogen-bond donors (Lipinski definition) is 1. The van der Waals surface area contributed by atoms with E-state index in [4.69, 9.17) is 0 Å². The second-order valence-corrected chi connectivity index (χ2v) is 4.84. The van der Waals surface area contributed by atoms with Crippen molar-refractivity contribution in [2.45, 2.75) is 20.4 Å². The summed E-state index contributed by atoms with van der Waals surface area (Å²) in [7, 11) is 1.96. The van der Waals surface area contributed by atoms with Crippen LogP contribution in [-0.2, 0) is 13.6 Å². The van der Waals surface area contributed by atoms with Crippen LogP contribution in [0.3, 0.4) is 0 Å². The van der Waals surface area contributed by atoms with Crippen LogP contribution in [-0.4, -0.2) is 29.5 Å². The highest BCUT2D eigenvalue weighted by atomic mass is 15.3. The number of aromatic nitrogens is 6. The lowest BCUT2D eigenvalue weighted by atomic mass is 10.2. The first-order valence-corrected chi connectivity index (χ1v) is 6.70. The van der Waals surface area contributed by atoms with E-state index in [9.17, 15) is 0 Å². The molecule has 0 aliphatic carbocycles. The summed E-state index contributed by atoms with van der Waals surface area (Å²) in [5.74, 6) is 0.731. The summed E-state index contributed by atoms with van der Waals surface area (Å²) in [6.07, 6.45) is 4.87. The summed E-state index contributed by atoms with van der Waals surface area (Å²) in [5, 5.41) is 12.0. The van der Waals surface area contributed by atoms with Gasteiger partial charge in [-0.2, -0.15) is 10.2 Å². The fourth-order valence-electron chi connectivity index (χ4n) is 2.29. The van der Waals surface area contributed by atoms with Crippen LogP contribution in [0.2, 0.25) is 0 Å². The maximum absolute atomic E-state index is 4.43. The number of nitrogens with zero attached hydrogens (tertiary/aromatic N) is 6. The first-order chi connectivity index (χ1) is 10.2. The van der Waals surface area contributed by atoms with Gasteiger partial charge in [-0.15, -0.1) is 0 Å². The van der Waals surface area contributed by atoms with E-state index < -0.39 is 0 Å². The lowest BCUT2D eigenvalue weighted by Gasteiger charge is -2.10. The fourth-order valence-corrected chi connectivity index (χ4v) is 2.29. The van der Waals surface area contributed by atoms with Crippen LogP contribution in [0.1, 0.15) is 17.0 Å². The highest BCUT2D eigenvalue weighted by Crippen LogP contribution is 2.19. The average molecular weight is 283 g/mol. The molecular weight excluding hydrogens is 266 g/mol. The molecule has 3 aromatic heterocycles. The molecule has 0 spiro atoms. The number of rotatable bonds is 4. The van der Waals surface area contributed by atoms with E-state index in [-0.39, 0.29) is 0 Å². The Morgan fingerprint density at radius 3 is 2.81 bits per heavy atom. The van der Waals surface area contributed by atoms with Crippen molar-refractivity contribution in [1.82, 2.24) is 29.5 Å². The lowest BCUT2D eigenvalue weighted by molar-refractivity contribution is 0.730. The number of aryl methyl sites for hydroxylation is 2. The molecule has 7 nitrogen and oxygen atoms in total. The Kier molecular flexibility index (Phi) is 3.39. The van der Waals surface area contributed by atoms with Gasteiger partial charge in [0, 0.05) is 31.0 Å². The van der Waals surface area contributed by atoms with Gasteiger partial charge in [0.1, 0.15) is 12.7 Å². The molecule has 0 aliphatic rings. The molecule has 0 aromatic carbocycles. The number of hydrogen-bond acceptors (Lipinski definition) is 5. The Labute approximate surface area is 122 Å². The van der Waals surface area contributed by atoms with Crippen molar-refractivity contribution < 1.29 is 0 Å². The van der Waals surface area contributed by atoms with E-state index in [0.29, 0.717) is 6.54 Å². The SMILES string of the molecule is Cc1nn(C)c(C)c1CNc1cccnc1-n1cncn1. The molecule has 7 heteroatoms. The van der Waals surface area contributed by atoms with Gasteiger partial charge < -0.3 is 5.32 Å². The summed E-state index contributed by atoms with van der Waals surface area (Å²) in [6.45, 7) is 4.78. The van der Waals surface area contributed by atoms with Gasteiger partial charge in [-0.3, -0.25) is 4.68 Å². The van der Waals surface area contributed by atoms with Gasteiger partial charge in [0.15, 0.2) is 5.82 Å². The van der Waals surface area contributed by atoms with Gasteiger partial charge in [0.25, 0.3) is 0 Å². The second kappa shape index (κ2) is 5.35. The average Bonchev–Trinajstić information content (AvgIpc) is 3.08. The van der Waals surface area contributed by atoms with Crippen molar-refractivity contribution in [2.75, 3.05) is 5.32 Å². The molecule has 3 aromatic rings. The minimum Gasteiger partial charge on any atom is -0.378 e. The van der Waals surface area contributed by atoms with Gasteiger partial charge in [0.05, 0.1) is 11.4 Å². The number of pyridine rings is 1. The van der Waals surface area contributed by atoms with Gasteiger partial charge in [0.2, 0.25) is 0 Å². The third-order valence-corrected chi connectivity index (χ3v) is 3.54. The van der Waals surface area contributed by atoms with Crippen LogP contribution < -0.4 is 5.32 Å². The largest absolute Gasteiger partial charge is 0.378 e. The summed E-state index contributed by atoms with van der Waals surface area (Å²) in [5.41, 5.74) is 4.30. The summed E-state index contributed by atoms with van der Waals surface area (Å²) in [6, 6.07) is 3.87. The van der Waals surface area contributed by atoms with E-state index in [0.717, 1.165) is 22.9 Å². The van der Waals surface area contributed by atoms with Crippen LogP contribution >= 0.6 is 0 Å². The number of anilines is 1. The van der Waals surface area contributed by atoms with Crippen LogP contribution in [0.15, 0.2) is 31.0 Å². The molecule has 0 unspecified atom stereocenters. The Morgan fingerprint density at radius 2 is 2.14 bits per heavy atom. The van der Waals surface area contributed by atoms with Crippen molar-refractivity contribution >= 4 is 5.69 Å². The zero-order valence-electron chi connectivity index (χ0n) is 12.3. The standard InChI is InChI=1S/C14H17N7/c1-10-12(11(2)20(3)19-10)7-17-13-5-4-6-16-14(13)21-9-15-8-18-21/h4-6,8-9,17H,7H2,1-3H3. The molecule has 0 atom stereocenters. The molecule has 0 bridgehead atoms. The first-order valence-electron chi connectivity index (χ1n) is 6.70. The maximum atomic E-state index is 4.43. The van der Waals surface area contributed by atoms with Crippen molar-refractivity contribution in [2.24, 2.45) is 7.05 Å². The third-order valence-electron chi connectivity index (χ3n) is 3.54. The topological polar surface area (TPSA) is 73.5 Å². The molecule has 1 N–H and O–H groups in total. The van der Waals surface area contributed by atoms with Crippen LogP contribution in [0.4, 0.5) is 5.69 Å². The molecular formula is C14H17N7. The number of nitrogens with one attached hydrogen (secondary N) is 1. The highest BCUT2D eigenvalue weighted by molar-refractivity contribution is 5.56. The highest BCUT2D eigenvalue weighted by Gasteiger charge is 2.11. The third kappa shape index (κ3) is 2.49. The van der Waals surface area contributed by atoms with Gasteiger partial charge in [-0.25, -0.2) is 14.6 Å². The molecule has 0 aliphatic heterocycles. The molecule has 3 heterocycles. The smallest absolute Gasteiger partial charge is 0.178 e. The quantitative estimate of drug-likeness (QED) is 0.787. The van der Waals surface area contributed by atoms with Crippen LogP contribution in [0, 0.1) is 13.8 Å². The Balaban J connectivity index is 1.86. The summed E-state index contributed by atoms with van der Waals surface area (Å²) in [4.78, 5) is 8.32. The predicted octanol–water partition coefficient (Wildman–Crippen LogP) is 1.62. The van der Waals surface area contributed by atoms with Gasteiger partial charge in [-0.1, -0.05) is 0 Å². The van der Waals surface area contributed by atoms with Crippen molar-refractivity contribution in [1.29, 1.82) is 0 Å². The maximum Gasteiger partial charge on any atom is 0.178 e. The van der Waals surface area contributed by atoms with Gasteiger partial charge >= 0.3 is 0 Å². The molecule has 21 heavy (non-hydrogen) atoms. The Bertz CT molecular complexity index is 743. The molecule has 0 amide bonds. The molecule has 3 rings (SSSR count). The van der Waals surface area contributed by atoms with Crippen LogP contribution in [0.25, 0.3) is 5.82 Å². The summed E-state index contributed by atoms with van der Waals surface area (Å²) < 4.78 is 3.54. The minimum absolute atomic E-state index is 0.693. The minimum atomic E-state index is 0.693. The monoisotopic (exact) mass is 283 g/mol. The van der Waals surface area contributed by atoms with E-state index in [2.05, 4.69) is 32.4 Å². The normalized spacial score (nSPS) is 10.8. The predicted molar refractivity (Wildman–Crippen MR) is 79.2 cm³/mol. The van der Waals surface area contributed by atoms with E-state index in [1.54, 1.807) is 17.2 Å². The van der Waals surface area contributed by atoms with E-state index in [1.165, 1.54) is 11.9 Å². The first kappa shape index (κ1) is 13.3. The Morgan fingerprint density at radius 1 is 1.29 bits per heavy atom. The second-order valence-electron chi connectivity index (χ2n) is 4.84. The zero-order valence-corrected chi connectivity index (χ0v) is 12.3. The van der Waals surface area contributed by atoms with Crippen LogP contribution in [0.5, 0.6) is 0 Å². The van der Waals surface area contributed by atoms with Crippen molar-refractivity contribution in [3.05, 3.63) is 47.9 Å². The molecule has 0 radical (unpaired) electrons. The van der Waals surface area contributed by atoms with Crippen molar-refractivity contribution in [3.8, 4) is 5.82 Å². The molecule has 0 fully saturated rings. The molecule has 108 valence electrons. The lowest BCUT2D eigenvalue weighted by Crippen LogP contribution is -2.07. The van der Waals surface area contributed by atoms with E-state index in [1.807, 2.05) is 30.8 Å². The zero-order chi connectivity index (χ0) is 14.8. The molecule has 0 saturated carbocycles. The fraction of sp³-hybridized carbons (Fsp3) is 0.286. The van der Waals surface area contributed by atoms with Crippen molar-refractivity contribution in [3.63, 3.8) is 0 Å². The molecule has 0 saturated heterocycles. The van der Waals surface area contributed by atoms with Gasteiger partial charge in [-0.05, 0) is 26.0 Å².